The highest BCUT2D eigenvalue weighted by molar-refractivity contribution is 6.30. The van der Waals surface area contributed by atoms with E-state index in [9.17, 15) is 0 Å². The summed E-state index contributed by atoms with van der Waals surface area (Å²) >= 11 is 6.16. The van der Waals surface area contributed by atoms with Gasteiger partial charge >= 0.3 is 0 Å². The van der Waals surface area contributed by atoms with E-state index in [-0.39, 0.29) is 6.04 Å². The molecule has 2 nitrogen and oxygen atoms in total. The van der Waals surface area contributed by atoms with Crippen LogP contribution >= 0.6 is 11.6 Å². The zero-order chi connectivity index (χ0) is 13.8. The quantitative estimate of drug-likeness (QED) is 0.887. The molecular formula is C16H25ClN2. The number of piperidine rings is 1. The predicted octanol–water partition coefficient (Wildman–Crippen LogP) is 4.38. The van der Waals surface area contributed by atoms with Gasteiger partial charge in [-0.25, -0.2) is 0 Å². The van der Waals surface area contributed by atoms with E-state index in [2.05, 4.69) is 30.9 Å². The van der Waals surface area contributed by atoms with Crippen LogP contribution in [0, 0.1) is 5.92 Å². The van der Waals surface area contributed by atoms with Crippen LogP contribution < -0.4 is 10.6 Å². The first-order chi connectivity index (χ1) is 9.08. The summed E-state index contributed by atoms with van der Waals surface area (Å²) in [6.45, 7) is 6.71. The highest BCUT2D eigenvalue weighted by atomic mass is 35.5. The highest BCUT2D eigenvalue weighted by Gasteiger charge is 2.19. The molecule has 0 radical (unpaired) electrons. The third-order valence-electron chi connectivity index (χ3n) is 3.81. The molecule has 1 heterocycles. The number of hydrogen-bond donors (Lipinski definition) is 1. The second-order valence-electron chi connectivity index (χ2n) is 5.99. The Morgan fingerprint density at radius 3 is 2.53 bits per heavy atom. The summed E-state index contributed by atoms with van der Waals surface area (Å²) in [7, 11) is 0. The summed E-state index contributed by atoms with van der Waals surface area (Å²) in [5.74, 6) is 0.600. The molecule has 19 heavy (non-hydrogen) atoms. The van der Waals surface area contributed by atoms with E-state index >= 15 is 0 Å². The average molecular weight is 281 g/mol. The third-order valence-corrected chi connectivity index (χ3v) is 4.05. The van der Waals surface area contributed by atoms with Gasteiger partial charge < -0.3 is 10.6 Å². The van der Waals surface area contributed by atoms with Gasteiger partial charge in [0.05, 0.1) is 0 Å². The van der Waals surface area contributed by atoms with Crippen LogP contribution in [-0.4, -0.2) is 13.1 Å². The molecule has 1 aromatic carbocycles. The summed E-state index contributed by atoms with van der Waals surface area (Å²) in [6.07, 6.45) is 4.90. The Kier molecular flexibility index (Phi) is 5.12. The Labute approximate surface area is 121 Å². The third kappa shape index (κ3) is 3.87. The largest absolute Gasteiger partial charge is 0.371 e. The molecule has 1 saturated heterocycles. The number of halogens is 1. The van der Waals surface area contributed by atoms with Crippen LogP contribution in [0.15, 0.2) is 18.2 Å². The number of nitrogens with two attached hydrogens (primary N) is 1. The van der Waals surface area contributed by atoms with Crippen LogP contribution in [0.4, 0.5) is 5.69 Å². The second kappa shape index (κ2) is 6.62. The molecule has 106 valence electrons. The van der Waals surface area contributed by atoms with Crippen LogP contribution in [0.1, 0.15) is 51.1 Å². The van der Waals surface area contributed by atoms with E-state index in [4.69, 9.17) is 17.3 Å². The van der Waals surface area contributed by atoms with Gasteiger partial charge in [0.15, 0.2) is 0 Å². The van der Waals surface area contributed by atoms with Gasteiger partial charge in [-0.3, -0.25) is 0 Å². The molecule has 0 aromatic heterocycles. The van der Waals surface area contributed by atoms with Crippen molar-refractivity contribution in [1.82, 2.24) is 0 Å². The van der Waals surface area contributed by atoms with Crippen molar-refractivity contribution < 1.29 is 0 Å². The lowest BCUT2D eigenvalue weighted by Crippen LogP contribution is -2.31. The topological polar surface area (TPSA) is 29.3 Å². The first-order valence-electron chi connectivity index (χ1n) is 7.38. The van der Waals surface area contributed by atoms with E-state index in [1.807, 2.05) is 6.07 Å². The SMILES string of the molecule is CC(C)CC(N)c1cc(Cl)ccc1N1CCCCC1. The monoisotopic (exact) mass is 280 g/mol. The summed E-state index contributed by atoms with van der Waals surface area (Å²) in [4.78, 5) is 2.47. The molecule has 1 fully saturated rings. The summed E-state index contributed by atoms with van der Waals surface area (Å²) in [5, 5.41) is 0.787. The van der Waals surface area contributed by atoms with E-state index in [0.717, 1.165) is 24.5 Å². The lowest BCUT2D eigenvalue weighted by Gasteiger charge is -2.32. The van der Waals surface area contributed by atoms with Gasteiger partial charge in [0.2, 0.25) is 0 Å². The fourth-order valence-corrected chi connectivity index (χ4v) is 3.06. The van der Waals surface area contributed by atoms with Gasteiger partial charge in [-0.1, -0.05) is 25.4 Å². The molecule has 1 atom stereocenters. The molecule has 0 bridgehead atoms. The van der Waals surface area contributed by atoms with E-state index in [0.29, 0.717) is 5.92 Å². The van der Waals surface area contributed by atoms with Crippen molar-refractivity contribution in [1.29, 1.82) is 0 Å². The molecule has 0 aliphatic carbocycles. The smallest absolute Gasteiger partial charge is 0.0415 e. The first-order valence-corrected chi connectivity index (χ1v) is 7.75. The van der Waals surface area contributed by atoms with E-state index in [1.54, 1.807) is 0 Å². The minimum atomic E-state index is 0.0793. The number of nitrogens with zero attached hydrogens (tertiary/aromatic N) is 1. The van der Waals surface area contributed by atoms with E-state index in [1.165, 1.54) is 30.5 Å². The van der Waals surface area contributed by atoms with Crippen molar-refractivity contribution in [2.24, 2.45) is 11.7 Å². The normalized spacial score (nSPS) is 17.8. The lowest BCUT2D eigenvalue weighted by molar-refractivity contribution is 0.506. The van der Waals surface area contributed by atoms with Gasteiger partial charge in [-0.2, -0.15) is 0 Å². The molecule has 2 rings (SSSR count). The molecule has 0 spiro atoms. The first kappa shape index (κ1) is 14.7. The molecular weight excluding hydrogens is 256 g/mol. The van der Waals surface area contributed by atoms with Crippen molar-refractivity contribution in [2.45, 2.75) is 45.6 Å². The van der Waals surface area contributed by atoms with Crippen LogP contribution in [0.5, 0.6) is 0 Å². The lowest BCUT2D eigenvalue weighted by atomic mass is 9.95. The number of rotatable bonds is 4. The fourth-order valence-electron chi connectivity index (χ4n) is 2.88. The van der Waals surface area contributed by atoms with Crippen molar-refractivity contribution in [2.75, 3.05) is 18.0 Å². The summed E-state index contributed by atoms with van der Waals surface area (Å²) in [5.41, 5.74) is 8.89. The second-order valence-corrected chi connectivity index (χ2v) is 6.42. The van der Waals surface area contributed by atoms with Gasteiger partial charge in [0.1, 0.15) is 0 Å². The zero-order valence-corrected chi connectivity index (χ0v) is 12.8. The fraction of sp³-hybridized carbons (Fsp3) is 0.625. The van der Waals surface area contributed by atoms with Gasteiger partial charge in [0, 0.05) is 29.8 Å². The molecule has 1 unspecified atom stereocenters. The van der Waals surface area contributed by atoms with Crippen molar-refractivity contribution in [3.63, 3.8) is 0 Å². The van der Waals surface area contributed by atoms with Crippen LogP contribution in [0.2, 0.25) is 5.02 Å². The average Bonchev–Trinajstić information content (AvgIpc) is 2.39. The van der Waals surface area contributed by atoms with Crippen LogP contribution in [0.25, 0.3) is 0 Å². The van der Waals surface area contributed by atoms with Crippen LogP contribution in [-0.2, 0) is 0 Å². The van der Waals surface area contributed by atoms with Gasteiger partial charge in [0.25, 0.3) is 0 Å². The minimum Gasteiger partial charge on any atom is -0.371 e. The molecule has 0 amide bonds. The van der Waals surface area contributed by atoms with Crippen molar-refractivity contribution in [3.8, 4) is 0 Å². The predicted molar refractivity (Wildman–Crippen MR) is 83.9 cm³/mol. The molecule has 2 N–H and O–H groups in total. The molecule has 1 aromatic rings. The Balaban J connectivity index is 2.26. The maximum Gasteiger partial charge on any atom is 0.0415 e. The van der Waals surface area contributed by atoms with Crippen molar-refractivity contribution >= 4 is 17.3 Å². The summed E-state index contributed by atoms with van der Waals surface area (Å²) < 4.78 is 0. The van der Waals surface area contributed by atoms with E-state index < -0.39 is 0 Å². The Morgan fingerprint density at radius 2 is 1.89 bits per heavy atom. The Hall–Kier alpha value is -0.730. The molecule has 3 heteroatoms. The maximum atomic E-state index is 6.39. The Bertz CT molecular complexity index is 411. The summed E-state index contributed by atoms with van der Waals surface area (Å²) in [6, 6.07) is 6.26. The van der Waals surface area contributed by atoms with Crippen LogP contribution in [0.3, 0.4) is 0 Å². The van der Waals surface area contributed by atoms with Gasteiger partial charge in [-0.05, 0) is 55.4 Å². The minimum absolute atomic E-state index is 0.0793. The Morgan fingerprint density at radius 1 is 1.21 bits per heavy atom. The number of anilines is 1. The zero-order valence-electron chi connectivity index (χ0n) is 12.0. The molecule has 0 saturated carbocycles. The standard InChI is InChI=1S/C16H25ClN2/c1-12(2)10-15(18)14-11-13(17)6-7-16(14)19-8-4-3-5-9-19/h6-7,11-12,15H,3-5,8-10,18H2,1-2H3. The number of benzene rings is 1. The maximum absolute atomic E-state index is 6.39. The molecule has 1 aliphatic rings. The van der Waals surface area contributed by atoms with Crippen molar-refractivity contribution in [3.05, 3.63) is 28.8 Å². The molecule has 1 aliphatic heterocycles. The number of hydrogen-bond acceptors (Lipinski definition) is 2. The highest BCUT2D eigenvalue weighted by Crippen LogP contribution is 2.32. The van der Waals surface area contributed by atoms with Gasteiger partial charge in [-0.15, -0.1) is 0 Å².